The van der Waals surface area contributed by atoms with Gasteiger partial charge in [-0.15, -0.1) is 0 Å². The van der Waals surface area contributed by atoms with Gasteiger partial charge in [-0.3, -0.25) is 14.4 Å². The van der Waals surface area contributed by atoms with Crippen molar-refractivity contribution in [2.75, 3.05) is 63.3 Å². The van der Waals surface area contributed by atoms with Crippen molar-refractivity contribution in [3.8, 4) is 16.9 Å². The van der Waals surface area contributed by atoms with Crippen molar-refractivity contribution < 1.29 is 41.8 Å². The first-order chi connectivity index (χ1) is 27.1. The molecule has 0 atom stereocenters. The van der Waals surface area contributed by atoms with Gasteiger partial charge in [0.1, 0.15) is 12.4 Å². The number of nitrogens with two attached hydrogens (primary N) is 1. The van der Waals surface area contributed by atoms with E-state index in [1.54, 1.807) is 42.6 Å². The topological polar surface area (TPSA) is 179 Å². The molecule has 0 spiro atoms. The first kappa shape index (κ1) is 41.1. The van der Waals surface area contributed by atoms with Gasteiger partial charge in [-0.1, -0.05) is 24.3 Å². The van der Waals surface area contributed by atoms with Crippen LogP contribution < -0.4 is 31.7 Å². The number of ether oxygens (including phenoxy) is 3. The summed E-state index contributed by atoms with van der Waals surface area (Å²) in [5.41, 5.74) is 8.01. The Balaban J connectivity index is 1.00. The molecule has 0 saturated carbocycles. The van der Waals surface area contributed by atoms with Gasteiger partial charge in [0.15, 0.2) is 0 Å². The Hall–Kier alpha value is -6.10. The Morgan fingerprint density at radius 1 is 0.714 bits per heavy atom. The number of aromatic nitrogens is 2. The number of fused-ring (bicyclic) bond motifs is 1. The summed E-state index contributed by atoms with van der Waals surface area (Å²) in [6.45, 7) is 2.64. The van der Waals surface area contributed by atoms with E-state index in [1.807, 2.05) is 30.3 Å². The van der Waals surface area contributed by atoms with E-state index < -0.39 is 17.6 Å². The van der Waals surface area contributed by atoms with Crippen molar-refractivity contribution >= 4 is 45.9 Å². The number of carbonyl (C=O) groups is 3. The predicted octanol–water partition coefficient (Wildman–Crippen LogP) is 5.69. The van der Waals surface area contributed by atoms with E-state index in [0.29, 0.717) is 50.2 Å². The van der Waals surface area contributed by atoms with Gasteiger partial charge in [0, 0.05) is 54.5 Å². The Labute approximate surface area is 321 Å². The largest absolute Gasteiger partial charge is 0.492 e. The van der Waals surface area contributed by atoms with Crippen LogP contribution in [0.1, 0.15) is 28.8 Å². The van der Waals surface area contributed by atoms with Crippen LogP contribution in [0.15, 0.2) is 97.2 Å². The van der Waals surface area contributed by atoms with Crippen molar-refractivity contribution in [1.29, 1.82) is 0 Å². The van der Waals surface area contributed by atoms with Gasteiger partial charge in [0.25, 0.3) is 5.91 Å². The Morgan fingerprint density at radius 2 is 1.38 bits per heavy atom. The highest BCUT2D eigenvalue weighted by atomic mass is 19.4. The maximum Gasteiger partial charge on any atom is 0.416 e. The van der Waals surface area contributed by atoms with Crippen LogP contribution in [0.3, 0.4) is 0 Å². The number of halogens is 3. The van der Waals surface area contributed by atoms with Crippen molar-refractivity contribution in [3.05, 3.63) is 108 Å². The second-order valence-corrected chi connectivity index (χ2v) is 12.3. The maximum atomic E-state index is 13.0. The SMILES string of the molecule is NCCNC(=O)CCOCCOCCC(=O)NCCOc1ccc(Nc2ncc3cc(-c4ccc(NC(=O)c5cccc(C(F)(F)F)c5)cc4)ccc3n2)cc1. The number of hydrogen-bond acceptors (Lipinski definition) is 10. The van der Waals surface area contributed by atoms with Crippen LogP contribution in [0.2, 0.25) is 0 Å². The molecule has 0 aliphatic carbocycles. The second kappa shape index (κ2) is 20.5. The Bertz CT molecular complexity index is 2070. The molecule has 5 aromatic rings. The van der Waals surface area contributed by atoms with Crippen LogP contribution in [0.25, 0.3) is 22.0 Å². The second-order valence-electron chi connectivity index (χ2n) is 12.3. The summed E-state index contributed by atoms with van der Waals surface area (Å²) in [4.78, 5) is 45.1. The third kappa shape index (κ3) is 13.0. The van der Waals surface area contributed by atoms with Crippen LogP contribution in [-0.2, 0) is 25.2 Å². The smallest absolute Gasteiger partial charge is 0.416 e. The highest BCUT2D eigenvalue weighted by molar-refractivity contribution is 6.04. The summed E-state index contributed by atoms with van der Waals surface area (Å²) in [6, 6.07) is 24.2. The molecule has 1 aromatic heterocycles. The lowest BCUT2D eigenvalue weighted by Gasteiger charge is -2.11. The van der Waals surface area contributed by atoms with Gasteiger partial charge in [-0.25, -0.2) is 9.97 Å². The quantitative estimate of drug-likeness (QED) is 0.0617. The predicted molar refractivity (Wildman–Crippen MR) is 206 cm³/mol. The van der Waals surface area contributed by atoms with Gasteiger partial charge in [0.05, 0.1) is 44.1 Å². The van der Waals surface area contributed by atoms with Crippen LogP contribution in [0.4, 0.5) is 30.5 Å². The fraction of sp³-hybridized carbons (Fsp3) is 0.275. The van der Waals surface area contributed by atoms with E-state index in [1.165, 1.54) is 12.1 Å². The number of nitrogens with zero attached hydrogens (tertiary/aromatic N) is 2. The summed E-state index contributed by atoms with van der Waals surface area (Å²) >= 11 is 0. The van der Waals surface area contributed by atoms with E-state index in [9.17, 15) is 27.6 Å². The zero-order valence-electron chi connectivity index (χ0n) is 30.4. The van der Waals surface area contributed by atoms with Gasteiger partial charge >= 0.3 is 6.18 Å². The van der Waals surface area contributed by atoms with Crippen molar-refractivity contribution in [2.45, 2.75) is 19.0 Å². The minimum absolute atomic E-state index is 0.0902. The van der Waals surface area contributed by atoms with Crippen LogP contribution in [-0.4, -0.2) is 80.4 Å². The molecular weight excluding hydrogens is 731 g/mol. The Kier molecular flexibility index (Phi) is 15.1. The molecule has 13 nitrogen and oxygen atoms in total. The molecule has 0 unspecified atom stereocenters. The van der Waals surface area contributed by atoms with Gasteiger partial charge in [0.2, 0.25) is 17.8 Å². The summed E-state index contributed by atoms with van der Waals surface area (Å²) < 4.78 is 55.6. The molecule has 5 rings (SSSR count). The molecule has 0 fully saturated rings. The third-order valence-corrected chi connectivity index (χ3v) is 8.10. The number of hydrogen-bond donors (Lipinski definition) is 5. The minimum Gasteiger partial charge on any atom is -0.492 e. The molecule has 16 heteroatoms. The summed E-state index contributed by atoms with van der Waals surface area (Å²) in [6.07, 6.45) is -2.37. The summed E-state index contributed by atoms with van der Waals surface area (Å²) in [5, 5.41) is 12.1. The Morgan fingerprint density at radius 3 is 2.05 bits per heavy atom. The molecule has 0 aliphatic heterocycles. The normalized spacial score (nSPS) is 11.2. The number of alkyl halides is 3. The average Bonchev–Trinajstić information content (AvgIpc) is 3.20. The maximum absolute atomic E-state index is 13.0. The van der Waals surface area contributed by atoms with Gasteiger partial charge < -0.3 is 41.2 Å². The number of carbonyl (C=O) groups excluding carboxylic acids is 3. The number of nitrogens with one attached hydrogen (secondary N) is 4. The standard InChI is InChI=1S/C40H42F3N7O6/c41-40(42,43)31-3-1-2-29(25-31)38(53)48-32-7-4-27(5-8-32)28-6-13-35-30(24-28)26-47-39(50-35)49-33-9-11-34(12-10-33)56-21-18-46-37(52)15-20-55-23-22-54-19-14-36(51)45-17-16-44/h1-13,24-26H,14-23,44H2,(H,45,51)(H,46,52)(H,48,53)(H,47,49,50). The van der Waals surface area contributed by atoms with Crippen molar-refractivity contribution in [2.24, 2.45) is 5.73 Å². The van der Waals surface area contributed by atoms with Crippen molar-refractivity contribution in [1.82, 2.24) is 20.6 Å². The fourth-order valence-corrected chi connectivity index (χ4v) is 5.22. The van der Waals surface area contributed by atoms with Gasteiger partial charge in [-0.2, -0.15) is 13.2 Å². The molecule has 3 amide bonds. The zero-order chi connectivity index (χ0) is 39.8. The lowest BCUT2D eigenvalue weighted by molar-refractivity contribution is -0.137. The number of rotatable bonds is 20. The van der Waals surface area contributed by atoms with E-state index in [4.69, 9.17) is 19.9 Å². The molecule has 4 aromatic carbocycles. The minimum atomic E-state index is -4.54. The molecular formula is C40H42F3N7O6. The van der Waals surface area contributed by atoms with E-state index in [-0.39, 0.29) is 50.0 Å². The first-order valence-electron chi connectivity index (χ1n) is 17.8. The number of benzene rings is 4. The summed E-state index contributed by atoms with van der Waals surface area (Å²) in [7, 11) is 0. The lowest BCUT2D eigenvalue weighted by Crippen LogP contribution is -2.29. The lowest BCUT2D eigenvalue weighted by atomic mass is 10.0. The van der Waals surface area contributed by atoms with Crippen LogP contribution in [0, 0.1) is 0 Å². The van der Waals surface area contributed by atoms with Crippen LogP contribution >= 0.6 is 0 Å². The molecule has 0 bridgehead atoms. The molecule has 0 aliphatic rings. The first-order valence-corrected chi connectivity index (χ1v) is 17.8. The molecule has 6 N–H and O–H groups in total. The van der Waals surface area contributed by atoms with E-state index in [0.717, 1.165) is 39.8 Å². The molecule has 294 valence electrons. The molecule has 1 heterocycles. The molecule has 0 radical (unpaired) electrons. The fourth-order valence-electron chi connectivity index (χ4n) is 5.22. The number of anilines is 3. The average molecular weight is 774 g/mol. The van der Waals surface area contributed by atoms with Gasteiger partial charge in [-0.05, 0) is 77.9 Å². The number of amides is 3. The van der Waals surface area contributed by atoms with E-state index >= 15 is 0 Å². The van der Waals surface area contributed by atoms with E-state index in [2.05, 4.69) is 31.2 Å². The van der Waals surface area contributed by atoms with Crippen LogP contribution in [0.5, 0.6) is 5.75 Å². The third-order valence-electron chi connectivity index (χ3n) is 8.10. The highest BCUT2D eigenvalue weighted by Gasteiger charge is 2.31. The zero-order valence-corrected chi connectivity index (χ0v) is 30.4. The molecule has 56 heavy (non-hydrogen) atoms. The summed E-state index contributed by atoms with van der Waals surface area (Å²) in [5.74, 6) is 0.122. The van der Waals surface area contributed by atoms with Crippen molar-refractivity contribution in [3.63, 3.8) is 0 Å². The molecule has 0 saturated heterocycles. The highest BCUT2D eigenvalue weighted by Crippen LogP contribution is 2.30. The monoisotopic (exact) mass is 773 g/mol.